The highest BCUT2D eigenvalue weighted by Crippen LogP contribution is 2.39. The first-order valence-electron chi connectivity index (χ1n) is 11.8. The van der Waals surface area contributed by atoms with Crippen molar-refractivity contribution >= 4 is 17.4 Å². The third-order valence-electron chi connectivity index (χ3n) is 6.01. The van der Waals surface area contributed by atoms with Crippen molar-refractivity contribution in [2.45, 2.75) is 33.7 Å². The second-order valence-corrected chi connectivity index (χ2v) is 8.84. The van der Waals surface area contributed by atoms with Crippen molar-refractivity contribution in [3.05, 3.63) is 65.2 Å². The minimum atomic E-state index is -0.743. The molecular formula is C27H34N2O5. The van der Waals surface area contributed by atoms with Gasteiger partial charge in [-0.05, 0) is 61.0 Å². The third kappa shape index (κ3) is 5.59. The molecule has 7 nitrogen and oxygen atoms in total. The summed E-state index contributed by atoms with van der Waals surface area (Å²) < 4.78 is 5.70. The van der Waals surface area contributed by atoms with Crippen molar-refractivity contribution in [2.24, 2.45) is 5.92 Å². The predicted molar refractivity (Wildman–Crippen MR) is 132 cm³/mol. The van der Waals surface area contributed by atoms with Gasteiger partial charge in [0, 0.05) is 18.7 Å². The Balaban J connectivity index is 2.00. The molecule has 182 valence electrons. The summed E-state index contributed by atoms with van der Waals surface area (Å²) in [5.41, 5.74) is 1.13. The average Bonchev–Trinajstić information content (AvgIpc) is 3.08. The van der Waals surface area contributed by atoms with Crippen molar-refractivity contribution in [3.63, 3.8) is 0 Å². The number of likely N-dealkylation sites (tertiary alicyclic amines) is 1. The van der Waals surface area contributed by atoms with Crippen molar-refractivity contribution in [1.82, 2.24) is 9.80 Å². The molecule has 1 fully saturated rings. The average molecular weight is 467 g/mol. The second-order valence-electron chi connectivity index (χ2n) is 8.84. The number of amides is 1. The molecule has 2 aromatic rings. The first kappa shape index (κ1) is 25.3. The van der Waals surface area contributed by atoms with Crippen LogP contribution in [-0.4, -0.2) is 64.5 Å². The van der Waals surface area contributed by atoms with Gasteiger partial charge in [-0.3, -0.25) is 9.59 Å². The second kappa shape index (κ2) is 11.2. The van der Waals surface area contributed by atoms with Gasteiger partial charge in [-0.25, -0.2) is 0 Å². The summed E-state index contributed by atoms with van der Waals surface area (Å²) in [5.74, 6) is -0.442. The molecule has 1 unspecified atom stereocenters. The Morgan fingerprint density at radius 3 is 2.21 bits per heavy atom. The number of ether oxygens (including phenoxy) is 1. The summed E-state index contributed by atoms with van der Waals surface area (Å²) in [6.45, 7) is 11.4. The van der Waals surface area contributed by atoms with Gasteiger partial charge in [-0.2, -0.15) is 0 Å². The SMILES string of the molecule is CCN(CC)CCN1C(=O)C(=O)/C(=C(\O)c2ccc(OCC(C)C)cc2)C1c1ccc(O)cc1. The van der Waals surface area contributed by atoms with Gasteiger partial charge in [-0.1, -0.05) is 39.8 Å². The normalized spacial score (nSPS) is 17.7. The zero-order chi connectivity index (χ0) is 24.8. The van der Waals surface area contributed by atoms with Crippen LogP contribution >= 0.6 is 0 Å². The molecule has 1 amide bonds. The first-order valence-corrected chi connectivity index (χ1v) is 11.8. The Morgan fingerprint density at radius 2 is 1.65 bits per heavy atom. The molecule has 0 radical (unpaired) electrons. The summed E-state index contributed by atoms with van der Waals surface area (Å²) in [4.78, 5) is 29.8. The Hall–Kier alpha value is -3.32. The fourth-order valence-corrected chi connectivity index (χ4v) is 4.03. The highest BCUT2D eigenvalue weighted by molar-refractivity contribution is 6.46. The number of Topliss-reactive ketones (excluding diaryl/α,β-unsaturated/α-hetero) is 1. The van der Waals surface area contributed by atoms with Crippen LogP contribution in [0.3, 0.4) is 0 Å². The number of likely N-dealkylation sites (N-methyl/N-ethyl adjacent to an activating group) is 1. The lowest BCUT2D eigenvalue weighted by Gasteiger charge is -2.28. The summed E-state index contributed by atoms with van der Waals surface area (Å²) >= 11 is 0. The number of hydrogen-bond acceptors (Lipinski definition) is 6. The number of aliphatic hydroxyl groups is 1. The van der Waals surface area contributed by atoms with Crippen molar-refractivity contribution in [2.75, 3.05) is 32.8 Å². The molecule has 0 aliphatic carbocycles. The molecule has 34 heavy (non-hydrogen) atoms. The van der Waals surface area contributed by atoms with Gasteiger partial charge in [0.25, 0.3) is 11.7 Å². The number of nitrogens with zero attached hydrogens (tertiary/aromatic N) is 2. The molecule has 2 aromatic carbocycles. The zero-order valence-electron chi connectivity index (χ0n) is 20.3. The van der Waals surface area contributed by atoms with Gasteiger partial charge < -0.3 is 24.7 Å². The van der Waals surface area contributed by atoms with Gasteiger partial charge in [0.2, 0.25) is 0 Å². The van der Waals surface area contributed by atoms with Crippen molar-refractivity contribution in [1.29, 1.82) is 0 Å². The topological polar surface area (TPSA) is 90.3 Å². The van der Waals surface area contributed by atoms with Crippen LogP contribution in [0.5, 0.6) is 11.5 Å². The number of phenolic OH excluding ortho intramolecular Hbond substituents is 1. The molecule has 1 atom stereocenters. The van der Waals surface area contributed by atoms with E-state index in [1.54, 1.807) is 36.4 Å². The van der Waals surface area contributed by atoms with E-state index in [0.29, 0.717) is 42.5 Å². The zero-order valence-corrected chi connectivity index (χ0v) is 20.3. The molecule has 1 heterocycles. The highest BCUT2D eigenvalue weighted by atomic mass is 16.5. The lowest BCUT2D eigenvalue weighted by molar-refractivity contribution is -0.140. The van der Waals surface area contributed by atoms with Gasteiger partial charge in [0.05, 0.1) is 18.2 Å². The highest BCUT2D eigenvalue weighted by Gasteiger charge is 2.45. The van der Waals surface area contributed by atoms with Crippen LogP contribution in [0.1, 0.15) is 44.9 Å². The lowest BCUT2D eigenvalue weighted by Crippen LogP contribution is -2.38. The fourth-order valence-electron chi connectivity index (χ4n) is 4.03. The summed E-state index contributed by atoms with van der Waals surface area (Å²) in [6, 6.07) is 12.5. The number of rotatable bonds is 10. The number of aliphatic hydroxyl groups excluding tert-OH is 1. The Bertz CT molecular complexity index is 1020. The van der Waals surface area contributed by atoms with Crippen molar-refractivity contribution in [3.8, 4) is 11.5 Å². The monoisotopic (exact) mass is 466 g/mol. The van der Waals surface area contributed by atoms with Gasteiger partial charge in [-0.15, -0.1) is 0 Å². The molecular weight excluding hydrogens is 432 g/mol. The first-order chi connectivity index (χ1) is 16.3. The standard InChI is InChI=1S/C27H34N2O5/c1-5-28(6-2)15-16-29-24(19-7-11-21(30)12-8-19)23(26(32)27(29)33)25(31)20-9-13-22(14-10-20)34-17-18(3)4/h7-14,18,24,30-31H,5-6,15-17H2,1-4H3/b25-23-. The number of ketones is 1. The fraction of sp³-hybridized carbons (Fsp3) is 0.407. The van der Waals surface area contributed by atoms with Crippen LogP contribution in [0, 0.1) is 5.92 Å². The molecule has 1 aliphatic heterocycles. The van der Waals surface area contributed by atoms with Crippen LogP contribution in [0.2, 0.25) is 0 Å². The molecule has 0 aromatic heterocycles. The van der Waals surface area contributed by atoms with Crippen LogP contribution in [0.15, 0.2) is 54.1 Å². The maximum absolute atomic E-state index is 13.1. The number of benzene rings is 2. The molecule has 1 saturated heterocycles. The Morgan fingerprint density at radius 1 is 1.03 bits per heavy atom. The van der Waals surface area contributed by atoms with Crippen LogP contribution in [0.4, 0.5) is 0 Å². The lowest BCUT2D eigenvalue weighted by atomic mass is 9.95. The minimum Gasteiger partial charge on any atom is -0.508 e. The molecule has 1 aliphatic rings. The minimum absolute atomic E-state index is 0.0473. The van der Waals surface area contributed by atoms with Crippen LogP contribution in [0.25, 0.3) is 5.76 Å². The predicted octanol–water partition coefficient (Wildman–Crippen LogP) is 4.19. The summed E-state index contributed by atoms with van der Waals surface area (Å²) in [7, 11) is 0. The van der Waals surface area contributed by atoms with Crippen LogP contribution in [-0.2, 0) is 9.59 Å². The molecule has 0 saturated carbocycles. The number of carbonyl (C=O) groups excluding carboxylic acids is 2. The molecule has 0 bridgehead atoms. The van der Waals surface area contributed by atoms with E-state index in [1.165, 1.54) is 17.0 Å². The van der Waals surface area contributed by atoms with E-state index in [1.807, 2.05) is 13.8 Å². The van der Waals surface area contributed by atoms with E-state index < -0.39 is 17.7 Å². The van der Waals surface area contributed by atoms with E-state index in [0.717, 1.165) is 13.1 Å². The molecule has 0 spiro atoms. The third-order valence-corrected chi connectivity index (χ3v) is 6.01. The number of carbonyl (C=O) groups is 2. The van der Waals surface area contributed by atoms with E-state index in [9.17, 15) is 19.8 Å². The Kier molecular flexibility index (Phi) is 8.34. The van der Waals surface area contributed by atoms with Crippen LogP contribution < -0.4 is 4.74 Å². The number of aromatic hydroxyl groups is 1. The largest absolute Gasteiger partial charge is 0.508 e. The van der Waals surface area contributed by atoms with E-state index in [2.05, 4.69) is 18.7 Å². The van der Waals surface area contributed by atoms with E-state index in [4.69, 9.17) is 4.74 Å². The summed E-state index contributed by atoms with van der Waals surface area (Å²) in [6.07, 6.45) is 0. The molecule has 3 rings (SSSR count). The smallest absolute Gasteiger partial charge is 0.295 e. The molecule has 7 heteroatoms. The molecule has 2 N–H and O–H groups in total. The maximum atomic E-state index is 13.1. The van der Waals surface area contributed by atoms with Gasteiger partial charge in [0.1, 0.15) is 17.3 Å². The Labute approximate surface area is 201 Å². The number of hydrogen-bond donors (Lipinski definition) is 2. The summed E-state index contributed by atoms with van der Waals surface area (Å²) in [5, 5.41) is 20.9. The van der Waals surface area contributed by atoms with Gasteiger partial charge >= 0.3 is 0 Å². The maximum Gasteiger partial charge on any atom is 0.295 e. The van der Waals surface area contributed by atoms with Crippen molar-refractivity contribution < 1.29 is 24.5 Å². The van der Waals surface area contributed by atoms with E-state index >= 15 is 0 Å². The quantitative estimate of drug-likeness (QED) is 0.310. The van der Waals surface area contributed by atoms with Gasteiger partial charge in [0.15, 0.2) is 0 Å². The van der Waals surface area contributed by atoms with E-state index in [-0.39, 0.29) is 17.1 Å². The number of phenols is 1.